The lowest BCUT2D eigenvalue weighted by Gasteiger charge is -2.14. The molecule has 7 heteroatoms. The van der Waals surface area contributed by atoms with Crippen LogP contribution in [0.4, 0.5) is 5.69 Å². The Morgan fingerprint density at radius 2 is 1.46 bits per heavy atom. The quantitative estimate of drug-likeness (QED) is 0.791. The molecule has 0 fully saturated rings. The Bertz CT molecular complexity index is 719. The van der Waals surface area contributed by atoms with Crippen molar-refractivity contribution in [1.82, 2.24) is 0 Å². The van der Waals surface area contributed by atoms with Gasteiger partial charge in [-0.05, 0) is 24.3 Å². The number of amides is 1. The van der Waals surface area contributed by atoms with Crippen LogP contribution in [0.25, 0.3) is 0 Å². The van der Waals surface area contributed by atoms with Crippen LogP contribution in [0.3, 0.4) is 0 Å². The van der Waals surface area contributed by atoms with E-state index in [1.165, 1.54) is 40.6 Å². The molecule has 0 aromatic heterocycles. The van der Waals surface area contributed by atoms with Gasteiger partial charge in [0.15, 0.2) is 23.0 Å². The molecule has 0 spiro atoms. The molecule has 128 valence electrons. The van der Waals surface area contributed by atoms with Gasteiger partial charge in [0.1, 0.15) is 0 Å². The van der Waals surface area contributed by atoms with Gasteiger partial charge in [-0.1, -0.05) is 0 Å². The van der Waals surface area contributed by atoms with E-state index < -0.39 is 0 Å². The van der Waals surface area contributed by atoms with Gasteiger partial charge < -0.3 is 29.4 Å². The lowest BCUT2D eigenvalue weighted by Crippen LogP contribution is -2.12. The van der Waals surface area contributed by atoms with E-state index in [9.17, 15) is 9.90 Å². The topological polar surface area (TPSA) is 86.3 Å². The minimum absolute atomic E-state index is 0.0108. The van der Waals surface area contributed by atoms with E-state index in [0.29, 0.717) is 28.5 Å². The number of rotatable bonds is 6. The molecule has 0 aliphatic heterocycles. The highest BCUT2D eigenvalue weighted by Crippen LogP contribution is 2.38. The van der Waals surface area contributed by atoms with E-state index in [1.807, 2.05) is 0 Å². The monoisotopic (exact) mass is 333 g/mol. The van der Waals surface area contributed by atoms with Gasteiger partial charge in [-0.3, -0.25) is 4.79 Å². The van der Waals surface area contributed by atoms with Crippen LogP contribution in [0.1, 0.15) is 10.4 Å². The van der Waals surface area contributed by atoms with Crippen molar-refractivity contribution in [2.45, 2.75) is 0 Å². The normalized spacial score (nSPS) is 10.0. The second kappa shape index (κ2) is 7.45. The van der Waals surface area contributed by atoms with Crippen LogP contribution in [0, 0.1) is 0 Å². The zero-order valence-electron chi connectivity index (χ0n) is 13.9. The number of hydrogen-bond acceptors (Lipinski definition) is 6. The van der Waals surface area contributed by atoms with Gasteiger partial charge in [0.05, 0.1) is 28.4 Å². The summed E-state index contributed by atoms with van der Waals surface area (Å²) in [4.78, 5) is 12.5. The average Bonchev–Trinajstić information content (AvgIpc) is 2.61. The molecule has 0 aliphatic carbocycles. The molecule has 0 saturated heterocycles. The molecule has 2 N–H and O–H groups in total. The molecule has 0 unspecified atom stereocenters. The zero-order chi connectivity index (χ0) is 17.7. The number of ether oxygens (including phenoxy) is 4. The summed E-state index contributed by atoms with van der Waals surface area (Å²) in [6.45, 7) is 0. The minimum Gasteiger partial charge on any atom is -0.504 e. The molecule has 24 heavy (non-hydrogen) atoms. The standard InChI is InChI=1S/C17H19NO6/c1-21-13-9-11(5-6-12(13)19)18-17(20)10-7-14(22-2)16(24-4)15(8-10)23-3/h5-9,19H,1-4H3,(H,18,20). The van der Waals surface area contributed by atoms with Gasteiger partial charge in [0.25, 0.3) is 5.91 Å². The van der Waals surface area contributed by atoms with Crippen LogP contribution in [0.15, 0.2) is 30.3 Å². The summed E-state index contributed by atoms with van der Waals surface area (Å²) in [6, 6.07) is 7.62. The third-order valence-electron chi connectivity index (χ3n) is 3.36. The molecular formula is C17H19NO6. The summed E-state index contributed by atoms with van der Waals surface area (Å²) in [7, 11) is 5.87. The number of methoxy groups -OCH3 is 4. The van der Waals surface area contributed by atoms with Gasteiger partial charge in [0, 0.05) is 17.3 Å². The Balaban J connectivity index is 2.33. The summed E-state index contributed by atoms with van der Waals surface area (Å²) in [5.74, 6) is 1.04. The molecule has 0 atom stereocenters. The summed E-state index contributed by atoms with van der Waals surface area (Å²) in [5.41, 5.74) is 0.806. The van der Waals surface area contributed by atoms with Crippen LogP contribution < -0.4 is 24.3 Å². The maximum absolute atomic E-state index is 12.5. The third-order valence-corrected chi connectivity index (χ3v) is 3.36. The summed E-state index contributed by atoms with van der Waals surface area (Å²) in [6.07, 6.45) is 0. The molecule has 0 bridgehead atoms. The molecule has 1 amide bonds. The molecule has 2 aromatic carbocycles. The van der Waals surface area contributed by atoms with E-state index >= 15 is 0 Å². The highest BCUT2D eigenvalue weighted by atomic mass is 16.5. The van der Waals surface area contributed by atoms with Crippen molar-refractivity contribution in [3.05, 3.63) is 35.9 Å². The van der Waals surface area contributed by atoms with E-state index in [0.717, 1.165) is 0 Å². The van der Waals surface area contributed by atoms with Gasteiger partial charge in [-0.15, -0.1) is 0 Å². The first kappa shape index (κ1) is 17.3. The summed E-state index contributed by atoms with van der Waals surface area (Å²) in [5, 5.41) is 12.3. The molecule has 0 heterocycles. The first-order valence-corrected chi connectivity index (χ1v) is 7.02. The maximum atomic E-state index is 12.5. The SMILES string of the molecule is COc1cc(NC(=O)c2cc(OC)c(OC)c(OC)c2)ccc1O. The van der Waals surface area contributed by atoms with Crippen LogP contribution in [-0.2, 0) is 0 Å². The number of aromatic hydroxyl groups is 1. The molecular weight excluding hydrogens is 314 g/mol. The third kappa shape index (κ3) is 3.45. The van der Waals surface area contributed by atoms with Crippen LogP contribution in [-0.4, -0.2) is 39.5 Å². The highest BCUT2D eigenvalue weighted by molar-refractivity contribution is 6.05. The smallest absolute Gasteiger partial charge is 0.255 e. The van der Waals surface area contributed by atoms with Gasteiger partial charge in [-0.25, -0.2) is 0 Å². The van der Waals surface area contributed by atoms with E-state index in [2.05, 4.69) is 5.32 Å². The fraction of sp³-hybridized carbons (Fsp3) is 0.235. The minimum atomic E-state index is -0.373. The number of phenols is 1. The number of hydrogen-bond donors (Lipinski definition) is 2. The first-order valence-electron chi connectivity index (χ1n) is 7.02. The van der Waals surface area contributed by atoms with Gasteiger partial charge in [0.2, 0.25) is 5.75 Å². The number of benzene rings is 2. The zero-order valence-corrected chi connectivity index (χ0v) is 13.9. The summed E-state index contributed by atoms with van der Waals surface area (Å²) < 4.78 is 20.7. The Labute approximate surface area is 139 Å². The Kier molecular flexibility index (Phi) is 5.36. The Hall–Kier alpha value is -3.09. The molecule has 2 aromatic rings. The van der Waals surface area contributed by atoms with Crippen LogP contribution in [0.2, 0.25) is 0 Å². The summed E-state index contributed by atoms with van der Waals surface area (Å²) >= 11 is 0. The van der Waals surface area contributed by atoms with Crippen LogP contribution >= 0.6 is 0 Å². The van der Waals surface area contributed by atoms with E-state index in [1.54, 1.807) is 18.2 Å². The Morgan fingerprint density at radius 1 is 0.875 bits per heavy atom. The van der Waals surface area contributed by atoms with Crippen molar-refractivity contribution in [1.29, 1.82) is 0 Å². The number of carbonyl (C=O) groups is 1. The van der Waals surface area contributed by atoms with Crippen molar-refractivity contribution < 1.29 is 28.8 Å². The number of phenolic OH excluding ortho intramolecular Hbond substituents is 1. The average molecular weight is 333 g/mol. The van der Waals surface area contributed by atoms with Crippen LogP contribution in [0.5, 0.6) is 28.7 Å². The van der Waals surface area contributed by atoms with Gasteiger partial charge in [-0.2, -0.15) is 0 Å². The van der Waals surface area contributed by atoms with Crippen molar-refractivity contribution in [2.75, 3.05) is 33.8 Å². The predicted molar refractivity (Wildman–Crippen MR) is 88.7 cm³/mol. The number of nitrogens with one attached hydrogen (secondary N) is 1. The second-order valence-corrected chi connectivity index (χ2v) is 4.75. The molecule has 2 rings (SSSR count). The fourth-order valence-corrected chi connectivity index (χ4v) is 2.17. The van der Waals surface area contributed by atoms with Crippen molar-refractivity contribution >= 4 is 11.6 Å². The number of anilines is 1. The Morgan fingerprint density at radius 3 is 1.96 bits per heavy atom. The van der Waals surface area contributed by atoms with E-state index in [4.69, 9.17) is 18.9 Å². The van der Waals surface area contributed by atoms with Gasteiger partial charge >= 0.3 is 0 Å². The molecule has 7 nitrogen and oxygen atoms in total. The van der Waals surface area contributed by atoms with Crippen molar-refractivity contribution in [2.24, 2.45) is 0 Å². The number of carbonyl (C=O) groups excluding carboxylic acids is 1. The molecule has 0 aliphatic rings. The lowest BCUT2D eigenvalue weighted by molar-refractivity contribution is 0.102. The second-order valence-electron chi connectivity index (χ2n) is 4.75. The molecule has 0 saturated carbocycles. The lowest BCUT2D eigenvalue weighted by atomic mass is 10.1. The highest BCUT2D eigenvalue weighted by Gasteiger charge is 2.17. The fourth-order valence-electron chi connectivity index (χ4n) is 2.17. The predicted octanol–water partition coefficient (Wildman–Crippen LogP) is 2.68. The van der Waals surface area contributed by atoms with Crippen molar-refractivity contribution in [3.63, 3.8) is 0 Å². The van der Waals surface area contributed by atoms with Crippen molar-refractivity contribution in [3.8, 4) is 28.7 Å². The first-order chi connectivity index (χ1) is 11.5. The molecule has 0 radical (unpaired) electrons. The maximum Gasteiger partial charge on any atom is 0.255 e. The largest absolute Gasteiger partial charge is 0.504 e. The van der Waals surface area contributed by atoms with E-state index in [-0.39, 0.29) is 17.4 Å².